The molecular formula is C21H15ClN4S. The molecule has 0 aliphatic heterocycles. The lowest BCUT2D eigenvalue weighted by atomic mass is 10.1. The number of hydrazone groups is 1. The number of anilines is 1. The molecule has 0 amide bonds. The number of thiazole rings is 1. The highest BCUT2D eigenvalue weighted by Crippen LogP contribution is 2.39. The molecule has 0 radical (unpaired) electrons. The topological polar surface area (TPSA) is 50.2 Å². The van der Waals surface area contributed by atoms with Gasteiger partial charge in [-0.1, -0.05) is 71.5 Å². The van der Waals surface area contributed by atoms with Crippen LogP contribution in [0.5, 0.6) is 0 Å². The molecule has 0 aliphatic rings. The van der Waals surface area contributed by atoms with E-state index in [1.165, 1.54) is 0 Å². The van der Waals surface area contributed by atoms with Crippen molar-refractivity contribution in [2.75, 3.05) is 5.43 Å². The second-order valence-electron chi connectivity index (χ2n) is 5.69. The molecule has 2 heterocycles. The van der Waals surface area contributed by atoms with E-state index in [-0.39, 0.29) is 0 Å². The Hall–Kier alpha value is -3.02. The molecule has 0 aliphatic carbocycles. The Morgan fingerprint density at radius 3 is 2.41 bits per heavy atom. The highest BCUT2D eigenvalue weighted by Gasteiger charge is 2.14. The number of hydrogen-bond donors (Lipinski definition) is 1. The minimum Gasteiger partial charge on any atom is -0.255 e. The summed E-state index contributed by atoms with van der Waals surface area (Å²) in [5.41, 5.74) is 6.82. The highest BCUT2D eigenvalue weighted by atomic mass is 35.5. The van der Waals surface area contributed by atoms with Gasteiger partial charge in [-0.25, -0.2) is 4.98 Å². The molecular weight excluding hydrogens is 376 g/mol. The summed E-state index contributed by atoms with van der Waals surface area (Å²) in [4.78, 5) is 10.0. The third kappa shape index (κ3) is 4.22. The predicted octanol–water partition coefficient (Wildman–Crippen LogP) is 5.97. The lowest BCUT2D eigenvalue weighted by Gasteiger charge is -2.02. The van der Waals surface area contributed by atoms with Crippen LogP contribution in [0.4, 0.5) is 5.13 Å². The van der Waals surface area contributed by atoms with Crippen LogP contribution >= 0.6 is 22.9 Å². The van der Waals surface area contributed by atoms with E-state index in [9.17, 15) is 0 Å². The molecule has 0 saturated carbocycles. The molecule has 0 saturated heterocycles. The van der Waals surface area contributed by atoms with Crippen LogP contribution in [0.25, 0.3) is 21.7 Å². The minimum atomic E-state index is 0.702. The van der Waals surface area contributed by atoms with Crippen molar-refractivity contribution in [2.45, 2.75) is 0 Å². The van der Waals surface area contributed by atoms with Gasteiger partial charge in [0.2, 0.25) is 5.13 Å². The number of halogens is 1. The molecule has 2 aromatic heterocycles. The molecule has 2 aromatic carbocycles. The maximum absolute atomic E-state index is 6.03. The Balaban J connectivity index is 1.67. The van der Waals surface area contributed by atoms with E-state index in [2.05, 4.69) is 27.6 Å². The van der Waals surface area contributed by atoms with Crippen LogP contribution in [-0.4, -0.2) is 16.2 Å². The minimum absolute atomic E-state index is 0.702. The normalized spacial score (nSPS) is 11.0. The summed E-state index contributed by atoms with van der Waals surface area (Å²) in [6, 6.07) is 23.6. The van der Waals surface area contributed by atoms with Gasteiger partial charge in [0.15, 0.2) is 0 Å². The lowest BCUT2D eigenvalue weighted by molar-refractivity contribution is 1.26. The first-order chi connectivity index (χ1) is 13.3. The number of benzene rings is 2. The van der Waals surface area contributed by atoms with E-state index in [0.29, 0.717) is 10.2 Å². The van der Waals surface area contributed by atoms with Crippen molar-refractivity contribution in [2.24, 2.45) is 5.10 Å². The van der Waals surface area contributed by atoms with Gasteiger partial charge in [-0.05, 0) is 29.8 Å². The maximum atomic E-state index is 6.03. The summed E-state index contributed by atoms with van der Waals surface area (Å²) in [5.74, 6) is 0. The van der Waals surface area contributed by atoms with E-state index in [1.807, 2.05) is 60.7 Å². The summed E-state index contributed by atoms with van der Waals surface area (Å²) in [5, 5.41) is 5.67. The van der Waals surface area contributed by atoms with E-state index < -0.39 is 0 Å². The Morgan fingerprint density at radius 2 is 1.67 bits per heavy atom. The van der Waals surface area contributed by atoms with Crippen LogP contribution in [-0.2, 0) is 0 Å². The highest BCUT2D eigenvalue weighted by molar-refractivity contribution is 7.19. The zero-order valence-electron chi connectivity index (χ0n) is 14.2. The van der Waals surface area contributed by atoms with Crippen molar-refractivity contribution in [1.29, 1.82) is 0 Å². The first kappa shape index (κ1) is 17.4. The van der Waals surface area contributed by atoms with Crippen LogP contribution in [0, 0.1) is 0 Å². The van der Waals surface area contributed by atoms with Gasteiger partial charge in [0.1, 0.15) is 0 Å². The third-order valence-corrected chi connectivity index (χ3v) is 5.09. The molecule has 4 nitrogen and oxygen atoms in total. The van der Waals surface area contributed by atoms with Crippen LogP contribution in [0.3, 0.4) is 0 Å². The van der Waals surface area contributed by atoms with Crippen LogP contribution in [0.1, 0.15) is 5.69 Å². The Bertz CT molecular complexity index is 1040. The van der Waals surface area contributed by atoms with Crippen molar-refractivity contribution >= 4 is 34.3 Å². The van der Waals surface area contributed by atoms with Gasteiger partial charge in [-0.2, -0.15) is 5.10 Å². The van der Waals surface area contributed by atoms with Crippen LogP contribution in [0.15, 0.2) is 84.1 Å². The quantitative estimate of drug-likeness (QED) is 0.337. The van der Waals surface area contributed by atoms with Crippen molar-refractivity contribution in [3.8, 4) is 21.7 Å². The second-order valence-corrected chi connectivity index (χ2v) is 7.13. The SMILES string of the molecule is Clc1ccc(-c2nc(N/N=C\c3ccccn3)sc2-c2ccccc2)cc1. The Morgan fingerprint density at radius 1 is 0.889 bits per heavy atom. The fraction of sp³-hybridized carbons (Fsp3) is 0. The van der Waals surface area contributed by atoms with Crippen LogP contribution < -0.4 is 5.43 Å². The van der Waals surface area contributed by atoms with E-state index in [1.54, 1.807) is 23.7 Å². The van der Waals surface area contributed by atoms with Crippen molar-refractivity contribution in [3.05, 3.63) is 89.7 Å². The molecule has 0 atom stereocenters. The Labute approximate surface area is 166 Å². The van der Waals surface area contributed by atoms with Crippen molar-refractivity contribution in [3.63, 3.8) is 0 Å². The third-order valence-electron chi connectivity index (χ3n) is 3.83. The van der Waals surface area contributed by atoms with Gasteiger partial charge in [0, 0.05) is 16.8 Å². The fourth-order valence-corrected chi connectivity index (χ4v) is 3.63. The molecule has 0 spiro atoms. The van der Waals surface area contributed by atoms with Gasteiger partial charge < -0.3 is 0 Å². The van der Waals surface area contributed by atoms with E-state index in [4.69, 9.17) is 16.6 Å². The Kier molecular flexibility index (Phi) is 5.23. The van der Waals surface area contributed by atoms with E-state index >= 15 is 0 Å². The number of nitrogens with zero attached hydrogens (tertiary/aromatic N) is 3. The predicted molar refractivity (Wildman–Crippen MR) is 113 cm³/mol. The molecule has 0 fully saturated rings. The molecule has 4 rings (SSSR count). The number of hydrogen-bond acceptors (Lipinski definition) is 5. The standard InChI is InChI=1S/C21H15ClN4S/c22-17-11-9-15(10-12-17)19-20(16-6-2-1-3-7-16)27-21(25-19)26-24-14-18-8-4-5-13-23-18/h1-14H,(H,25,26)/b24-14-. The molecule has 0 bridgehead atoms. The smallest absolute Gasteiger partial charge is 0.204 e. The first-order valence-corrected chi connectivity index (χ1v) is 9.51. The van der Waals surface area contributed by atoms with Crippen LogP contribution in [0.2, 0.25) is 5.02 Å². The summed E-state index contributed by atoms with van der Waals surface area (Å²) >= 11 is 7.59. The summed E-state index contributed by atoms with van der Waals surface area (Å²) < 4.78 is 0. The van der Waals surface area contributed by atoms with Crippen molar-refractivity contribution in [1.82, 2.24) is 9.97 Å². The van der Waals surface area contributed by atoms with E-state index in [0.717, 1.165) is 27.4 Å². The molecule has 6 heteroatoms. The summed E-state index contributed by atoms with van der Waals surface area (Å²) in [7, 11) is 0. The first-order valence-electron chi connectivity index (χ1n) is 8.32. The molecule has 27 heavy (non-hydrogen) atoms. The molecule has 1 N–H and O–H groups in total. The fourth-order valence-electron chi connectivity index (χ4n) is 2.56. The van der Waals surface area contributed by atoms with Gasteiger partial charge in [0.05, 0.1) is 22.5 Å². The summed E-state index contributed by atoms with van der Waals surface area (Å²) in [6.45, 7) is 0. The molecule has 132 valence electrons. The average Bonchev–Trinajstić information content (AvgIpc) is 3.14. The molecule has 4 aromatic rings. The second kappa shape index (κ2) is 8.12. The van der Waals surface area contributed by atoms with Gasteiger partial charge >= 0.3 is 0 Å². The average molecular weight is 391 g/mol. The lowest BCUT2D eigenvalue weighted by Crippen LogP contribution is -1.91. The number of aromatic nitrogens is 2. The zero-order valence-corrected chi connectivity index (χ0v) is 15.8. The number of rotatable bonds is 5. The largest absolute Gasteiger partial charge is 0.255 e. The van der Waals surface area contributed by atoms with Crippen molar-refractivity contribution < 1.29 is 0 Å². The number of nitrogens with one attached hydrogen (secondary N) is 1. The maximum Gasteiger partial charge on any atom is 0.204 e. The number of pyridine rings is 1. The van der Waals surface area contributed by atoms with Gasteiger partial charge in [0.25, 0.3) is 0 Å². The van der Waals surface area contributed by atoms with Gasteiger partial charge in [-0.3, -0.25) is 10.4 Å². The zero-order chi connectivity index (χ0) is 18.5. The van der Waals surface area contributed by atoms with Gasteiger partial charge in [-0.15, -0.1) is 0 Å². The summed E-state index contributed by atoms with van der Waals surface area (Å²) in [6.07, 6.45) is 3.41. The molecule has 0 unspecified atom stereocenters. The monoisotopic (exact) mass is 390 g/mol.